The minimum absolute atomic E-state index is 0.890. The molecule has 1 N–H and O–H groups in total. The molecule has 2 rings (SSSR count). The van der Waals surface area contributed by atoms with Gasteiger partial charge in [0.05, 0.1) is 0 Å². The van der Waals surface area contributed by atoms with Gasteiger partial charge in [-0.15, -0.1) is 0 Å². The molecule has 72 valence electrons. The first-order chi connectivity index (χ1) is 7.45. The zero-order chi connectivity index (χ0) is 10.3. The maximum atomic E-state index is 4.14. The van der Waals surface area contributed by atoms with Gasteiger partial charge in [-0.1, -0.05) is 12.1 Å². The number of rotatable bonds is 3. The largest absolute Gasteiger partial charge is 0.251 e. The third-order valence-electron chi connectivity index (χ3n) is 1.92. The fourth-order valence-electron chi connectivity index (χ4n) is 1.18. The fourth-order valence-corrected chi connectivity index (χ4v) is 1.18. The molecule has 0 heterocycles. The van der Waals surface area contributed by atoms with Crippen molar-refractivity contribution in [2.45, 2.75) is 0 Å². The van der Waals surface area contributed by atoms with Crippen molar-refractivity contribution in [3.63, 3.8) is 0 Å². The molecule has 0 radical (unpaired) electrons. The number of nitrogens with zero attached hydrogens (tertiary/aromatic N) is 1. The van der Waals surface area contributed by atoms with Gasteiger partial charge in [0.1, 0.15) is 5.69 Å². The van der Waals surface area contributed by atoms with Gasteiger partial charge in [0, 0.05) is 24.3 Å². The third-order valence-corrected chi connectivity index (χ3v) is 1.92. The monoisotopic (exact) mass is 195 g/mol. The van der Waals surface area contributed by atoms with Gasteiger partial charge in [-0.25, -0.2) is 0 Å². The second kappa shape index (κ2) is 4.89. The van der Waals surface area contributed by atoms with E-state index in [4.69, 9.17) is 0 Å². The van der Waals surface area contributed by atoms with Crippen molar-refractivity contribution < 1.29 is 0 Å². The van der Waals surface area contributed by atoms with Crippen LogP contribution in [0, 0.1) is 0 Å². The van der Waals surface area contributed by atoms with E-state index in [2.05, 4.69) is 16.6 Å². The van der Waals surface area contributed by atoms with Gasteiger partial charge < -0.3 is 0 Å². The Bertz CT molecular complexity index is 421. The molecule has 0 bridgehead atoms. The summed E-state index contributed by atoms with van der Waals surface area (Å²) in [5, 5.41) is 2.98. The molecule has 0 unspecified atom stereocenters. The molecule has 0 saturated heterocycles. The van der Waals surface area contributed by atoms with Gasteiger partial charge in [-0.05, 0) is 29.3 Å². The van der Waals surface area contributed by atoms with E-state index in [0.717, 1.165) is 11.4 Å². The first kappa shape index (κ1) is 9.38. The van der Waals surface area contributed by atoms with Crippen LogP contribution in [0.2, 0.25) is 0 Å². The Morgan fingerprint density at radius 2 is 1.40 bits per heavy atom. The molecule has 0 amide bonds. The lowest BCUT2D eigenvalue weighted by Gasteiger charge is -1.87. The van der Waals surface area contributed by atoms with E-state index in [0.29, 0.717) is 0 Å². The summed E-state index contributed by atoms with van der Waals surface area (Å²) in [7, 11) is 0. The van der Waals surface area contributed by atoms with Crippen molar-refractivity contribution in [1.82, 2.24) is 0 Å². The lowest BCUT2D eigenvalue weighted by Crippen LogP contribution is -1.92. The lowest BCUT2D eigenvalue weighted by atomic mass is 10.3. The minimum atomic E-state index is 0.890. The van der Waals surface area contributed by atoms with E-state index in [9.17, 15) is 0 Å². The van der Waals surface area contributed by atoms with Crippen molar-refractivity contribution in [1.29, 1.82) is 0 Å². The average molecular weight is 195 g/mol. The number of hydrogen-bond donors (Lipinski definition) is 1. The van der Waals surface area contributed by atoms with Crippen LogP contribution in [0.5, 0.6) is 0 Å². The SMILES string of the molecule is [C+](=Nc1ccccc1)Nc1ccccc1. The predicted octanol–water partition coefficient (Wildman–Crippen LogP) is 3.34. The molecule has 0 spiro atoms. The van der Waals surface area contributed by atoms with Crippen LogP contribution in [-0.4, -0.2) is 6.34 Å². The molecule has 2 aromatic rings. The summed E-state index contributed by atoms with van der Waals surface area (Å²) >= 11 is 0. The smallest absolute Gasteiger partial charge is 0.193 e. The highest BCUT2D eigenvalue weighted by Gasteiger charge is 1.95. The Kier molecular flexibility index (Phi) is 3.06. The van der Waals surface area contributed by atoms with Crippen molar-refractivity contribution in [3.05, 3.63) is 60.7 Å². The molecular weight excluding hydrogens is 184 g/mol. The van der Waals surface area contributed by atoms with E-state index >= 15 is 0 Å². The topological polar surface area (TPSA) is 24.4 Å². The molecule has 0 atom stereocenters. The lowest BCUT2D eigenvalue weighted by molar-refractivity contribution is 1.52. The molecule has 2 nitrogen and oxygen atoms in total. The van der Waals surface area contributed by atoms with E-state index in [1.54, 1.807) is 0 Å². The number of anilines is 1. The van der Waals surface area contributed by atoms with Crippen LogP contribution < -0.4 is 5.32 Å². The van der Waals surface area contributed by atoms with Gasteiger partial charge in [-0.3, -0.25) is 0 Å². The zero-order valence-corrected chi connectivity index (χ0v) is 8.22. The van der Waals surface area contributed by atoms with Crippen LogP contribution in [-0.2, 0) is 0 Å². The molecule has 2 aromatic carbocycles. The first-order valence-electron chi connectivity index (χ1n) is 4.77. The molecule has 15 heavy (non-hydrogen) atoms. The van der Waals surface area contributed by atoms with Crippen LogP contribution in [0.25, 0.3) is 0 Å². The minimum Gasteiger partial charge on any atom is -0.193 e. The molecule has 0 aromatic heterocycles. The Hall–Kier alpha value is -2.18. The molecule has 0 saturated carbocycles. The number of nitrogens with one attached hydrogen (secondary N) is 1. The van der Waals surface area contributed by atoms with Crippen LogP contribution >= 0.6 is 0 Å². The van der Waals surface area contributed by atoms with E-state index < -0.39 is 0 Å². The molecule has 0 aliphatic heterocycles. The Morgan fingerprint density at radius 1 is 0.800 bits per heavy atom. The standard InChI is InChI=1S/C13H11N2/c1-3-7-12(8-4-1)14-11-15-13-9-5-2-6-10-13/h1-10H,(H,14,15)/q+1. The Morgan fingerprint density at radius 3 is 2.07 bits per heavy atom. The van der Waals surface area contributed by atoms with Gasteiger partial charge >= 0.3 is 0 Å². The highest BCUT2D eigenvalue weighted by molar-refractivity contribution is 5.77. The van der Waals surface area contributed by atoms with E-state index in [-0.39, 0.29) is 0 Å². The van der Waals surface area contributed by atoms with Crippen molar-refractivity contribution >= 4 is 17.7 Å². The fraction of sp³-hybridized carbons (Fsp3) is 0. The van der Waals surface area contributed by atoms with Gasteiger partial charge in [0.2, 0.25) is 0 Å². The molecule has 0 aliphatic carbocycles. The molecule has 0 fully saturated rings. The predicted molar refractivity (Wildman–Crippen MR) is 63.6 cm³/mol. The summed E-state index contributed by atoms with van der Waals surface area (Å²) in [6.07, 6.45) is 2.79. The maximum absolute atomic E-state index is 4.14. The second-order valence-electron chi connectivity index (χ2n) is 3.05. The number of aliphatic imine (C=N–C) groups is 1. The highest BCUT2D eigenvalue weighted by atomic mass is 14.9. The van der Waals surface area contributed by atoms with E-state index in [1.807, 2.05) is 60.7 Å². The number of hydrogen-bond acceptors (Lipinski definition) is 1. The Balaban J connectivity index is 1.97. The number of benzene rings is 2. The third kappa shape index (κ3) is 2.90. The van der Waals surface area contributed by atoms with Gasteiger partial charge in [-0.2, -0.15) is 5.32 Å². The zero-order valence-electron chi connectivity index (χ0n) is 8.22. The summed E-state index contributed by atoms with van der Waals surface area (Å²) < 4.78 is 0. The van der Waals surface area contributed by atoms with Crippen LogP contribution in [0.1, 0.15) is 0 Å². The van der Waals surface area contributed by atoms with Crippen molar-refractivity contribution in [2.75, 3.05) is 5.32 Å². The first-order valence-corrected chi connectivity index (χ1v) is 4.77. The summed E-state index contributed by atoms with van der Waals surface area (Å²) in [5.74, 6) is 0. The maximum Gasteiger partial charge on any atom is 0.251 e. The quantitative estimate of drug-likeness (QED) is 0.345. The van der Waals surface area contributed by atoms with Crippen LogP contribution in [0.15, 0.2) is 65.7 Å². The second-order valence-corrected chi connectivity index (χ2v) is 3.05. The van der Waals surface area contributed by atoms with Crippen molar-refractivity contribution in [2.24, 2.45) is 4.99 Å². The summed E-state index contributed by atoms with van der Waals surface area (Å²) in [4.78, 5) is 4.14. The highest BCUT2D eigenvalue weighted by Crippen LogP contribution is 2.09. The van der Waals surface area contributed by atoms with Crippen LogP contribution in [0.3, 0.4) is 0 Å². The van der Waals surface area contributed by atoms with Crippen molar-refractivity contribution in [3.8, 4) is 0 Å². The van der Waals surface area contributed by atoms with Gasteiger partial charge in [0.25, 0.3) is 6.34 Å². The van der Waals surface area contributed by atoms with Crippen LogP contribution in [0.4, 0.5) is 11.4 Å². The number of para-hydroxylation sites is 2. The molecule has 2 heteroatoms. The summed E-state index contributed by atoms with van der Waals surface area (Å²) in [6.45, 7) is 0. The normalized spacial score (nSPS) is 9.87. The molecular formula is C13H11N2+. The summed E-state index contributed by atoms with van der Waals surface area (Å²) in [5.41, 5.74) is 1.87. The summed E-state index contributed by atoms with van der Waals surface area (Å²) in [6, 6.07) is 19.6. The van der Waals surface area contributed by atoms with E-state index in [1.165, 1.54) is 0 Å². The molecule has 0 aliphatic rings. The van der Waals surface area contributed by atoms with Gasteiger partial charge in [0.15, 0.2) is 5.69 Å². The Labute approximate surface area is 89.3 Å². The average Bonchev–Trinajstić information content (AvgIpc) is 2.32.